The van der Waals surface area contributed by atoms with Gasteiger partial charge in [0.2, 0.25) is 11.9 Å². The normalized spacial score (nSPS) is 20.8. The molecule has 0 aliphatic carbocycles. The number of ether oxygens (including phenoxy) is 1. The average Bonchev–Trinajstić information content (AvgIpc) is 3.29. The highest BCUT2D eigenvalue weighted by atomic mass is 16.5. The Bertz CT molecular complexity index is 966. The van der Waals surface area contributed by atoms with Crippen molar-refractivity contribution in [3.8, 4) is 0 Å². The molecule has 9 nitrogen and oxygen atoms in total. The highest BCUT2D eigenvalue weighted by Gasteiger charge is 2.55. The molecule has 0 radical (unpaired) electrons. The molecule has 30 heavy (non-hydrogen) atoms. The lowest BCUT2D eigenvalue weighted by Crippen LogP contribution is -2.63. The maximum atomic E-state index is 13.1. The summed E-state index contributed by atoms with van der Waals surface area (Å²) in [6, 6.07) is 6.20. The topological polar surface area (TPSA) is 85.5 Å². The lowest BCUT2D eigenvalue weighted by Gasteiger charge is -2.34. The first-order valence-corrected chi connectivity index (χ1v) is 10.2. The molecule has 0 N–H and O–H groups in total. The Labute approximate surface area is 175 Å². The SMILES string of the molecule is CCOC(=O)c1ccc(N2CC[N+]3=C2N=C2C3C(=O)N(CC(C)C)C(=O)N2C)cc1. The summed E-state index contributed by atoms with van der Waals surface area (Å²) in [4.78, 5) is 47.2. The molecule has 3 heterocycles. The molecule has 0 aromatic heterocycles. The summed E-state index contributed by atoms with van der Waals surface area (Å²) < 4.78 is 6.98. The highest BCUT2D eigenvalue weighted by molar-refractivity contribution is 6.24. The van der Waals surface area contributed by atoms with E-state index in [1.54, 1.807) is 26.1 Å². The summed E-state index contributed by atoms with van der Waals surface area (Å²) >= 11 is 0. The number of likely N-dealkylation sites (N-methyl/N-ethyl adjacent to an activating group) is 1. The molecule has 1 aromatic carbocycles. The molecular weight excluding hydrogens is 386 g/mol. The molecule has 1 aromatic rings. The number of hydrogen-bond acceptors (Lipinski definition) is 6. The van der Waals surface area contributed by atoms with Gasteiger partial charge < -0.3 is 4.74 Å². The summed E-state index contributed by atoms with van der Waals surface area (Å²) in [7, 11) is 1.66. The Morgan fingerprint density at radius 1 is 1.27 bits per heavy atom. The summed E-state index contributed by atoms with van der Waals surface area (Å²) in [6.07, 6.45) is 0. The van der Waals surface area contributed by atoms with Crippen molar-refractivity contribution in [1.29, 1.82) is 0 Å². The van der Waals surface area contributed by atoms with E-state index >= 15 is 0 Å². The van der Waals surface area contributed by atoms with Gasteiger partial charge in [0, 0.05) is 13.6 Å². The lowest BCUT2D eigenvalue weighted by molar-refractivity contribution is -0.525. The third kappa shape index (κ3) is 3.14. The molecule has 158 valence electrons. The van der Waals surface area contributed by atoms with Gasteiger partial charge in [-0.2, -0.15) is 0 Å². The van der Waals surface area contributed by atoms with E-state index in [1.807, 2.05) is 35.5 Å². The Kier molecular flexibility index (Phi) is 5.05. The number of amidine groups is 1. The molecule has 4 rings (SSSR count). The van der Waals surface area contributed by atoms with Crippen LogP contribution in [0.15, 0.2) is 29.3 Å². The van der Waals surface area contributed by atoms with Gasteiger partial charge in [0.25, 0.3) is 5.91 Å². The molecular formula is C21H26N5O4+. The third-order valence-corrected chi connectivity index (χ3v) is 5.43. The number of imide groups is 1. The van der Waals surface area contributed by atoms with Crippen LogP contribution in [0.2, 0.25) is 0 Å². The fourth-order valence-corrected chi connectivity index (χ4v) is 4.03. The quantitative estimate of drug-likeness (QED) is 0.539. The number of carbonyl (C=O) groups is 3. The van der Waals surface area contributed by atoms with Gasteiger partial charge in [-0.1, -0.05) is 18.8 Å². The van der Waals surface area contributed by atoms with E-state index in [1.165, 1.54) is 9.80 Å². The number of aliphatic imine (C=N–C) groups is 1. The smallest absolute Gasteiger partial charge is 0.397 e. The van der Waals surface area contributed by atoms with Gasteiger partial charge in [-0.3, -0.25) is 14.6 Å². The van der Waals surface area contributed by atoms with E-state index < -0.39 is 6.04 Å². The molecule has 1 atom stereocenters. The van der Waals surface area contributed by atoms with E-state index in [4.69, 9.17) is 4.74 Å². The van der Waals surface area contributed by atoms with Crippen molar-refractivity contribution in [1.82, 2.24) is 9.80 Å². The summed E-state index contributed by atoms with van der Waals surface area (Å²) in [5.41, 5.74) is 1.35. The van der Waals surface area contributed by atoms with Gasteiger partial charge >= 0.3 is 18.0 Å². The molecule has 3 aliphatic rings. The molecule has 0 saturated carbocycles. The monoisotopic (exact) mass is 412 g/mol. The number of amides is 3. The summed E-state index contributed by atoms with van der Waals surface area (Å²) in [5, 5.41) is 0. The minimum absolute atomic E-state index is 0.183. The maximum Gasteiger partial charge on any atom is 0.397 e. The van der Waals surface area contributed by atoms with E-state index in [2.05, 4.69) is 4.99 Å². The van der Waals surface area contributed by atoms with E-state index in [0.29, 0.717) is 43.6 Å². The number of carbonyl (C=O) groups excluding carboxylic acids is 3. The van der Waals surface area contributed by atoms with Gasteiger partial charge in [0.05, 0.1) is 18.7 Å². The Hall–Kier alpha value is -3.23. The van der Waals surface area contributed by atoms with Crippen LogP contribution in [-0.2, 0) is 9.53 Å². The molecule has 1 unspecified atom stereocenters. The number of hydrogen-bond donors (Lipinski definition) is 0. The van der Waals surface area contributed by atoms with Crippen molar-refractivity contribution in [2.24, 2.45) is 10.9 Å². The largest absolute Gasteiger partial charge is 0.462 e. The first-order chi connectivity index (χ1) is 14.3. The van der Waals surface area contributed by atoms with Gasteiger partial charge in [-0.05, 0) is 37.1 Å². The summed E-state index contributed by atoms with van der Waals surface area (Å²) in [5.74, 6) is 0.719. The van der Waals surface area contributed by atoms with Gasteiger partial charge in [0.1, 0.15) is 12.2 Å². The Morgan fingerprint density at radius 2 is 1.97 bits per heavy atom. The van der Waals surface area contributed by atoms with Gasteiger partial charge in [-0.15, -0.1) is 0 Å². The highest BCUT2D eigenvalue weighted by Crippen LogP contribution is 2.27. The van der Waals surface area contributed by atoms with E-state index in [0.717, 1.165) is 5.69 Å². The Morgan fingerprint density at radius 3 is 2.60 bits per heavy atom. The van der Waals surface area contributed by atoms with Crippen molar-refractivity contribution in [3.63, 3.8) is 0 Å². The molecule has 0 spiro atoms. The molecule has 3 aliphatic heterocycles. The lowest BCUT2D eigenvalue weighted by atomic mass is 10.1. The molecule has 3 amide bonds. The summed E-state index contributed by atoms with van der Waals surface area (Å²) in [6.45, 7) is 7.72. The fourth-order valence-electron chi connectivity index (χ4n) is 4.03. The molecule has 0 bridgehead atoms. The van der Waals surface area contributed by atoms with Crippen molar-refractivity contribution in [2.75, 3.05) is 38.2 Å². The zero-order valence-corrected chi connectivity index (χ0v) is 17.7. The number of anilines is 1. The van der Waals surface area contributed by atoms with Crippen molar-refractivity contribution in [3.05, 3.63) is 29.8 Å². The number of guanidine groups is 1. The predicted molar refractivity (Wildman–Crippen MR) is 111 cm³/mol. The standard InChI is InChI=1S/C21H26N5O4/c1-5-30-19(28)14-6-8-15(9-7-14)24-10-11-25-16-17(22-20(24)25)23(4)21(29)26(18(16)27)12-13(2)3/h6-9,13,16H,5,10-12H2,1-4H3/q+1. The van der Waals surface area contributed by atoms with Crippen LogP contribution in [0.3, 0.4) is 0 Å². The molecule has 1 saturated heterocycles. The van der Waals surface area contributed by atoms with Crippen LogP contribution >= 0.6 is 0 Å². The van der Waals surface area contributed by atoms with Crippen LogP contribution in [0.5, 0.6) is 0 Å². The third-order valence-electron chi connectivity index (χ3n) is 5.43. The van der Waals surface area contributed by atoms with E-state index in [9.17, 15) is 14.4 Å². The second kappa shape index (κ2) is 7.55. The van der Waals surface area contributed by atoms with Crippen molar-refractivity contribution < 1.29 is 23.7 Å². The van der Waals surface area contributed by atoms with Crippen LogP contribution in [0.1, 0.15) is 31.1 Å². The number of rotatable bonds is 5. The number of esters is 1. The van der Waals surface area contributed by atoms with Crippen LogP contribution in [-0.4, -0.2) is 83.4 Å². The van der Waals surface area contributed by atoms with Gasteiger partial charge in [-0.25, -0.2) is 19.1 Å². The average molecular weight is 412 g/mol. The zero-order chi connectivity index (χ0) is 21.6. The van der Waals surface area contributed by atoms with Gasteiger partial charge in [0.15, 0.2) is 0 Å². The van der Waals surface area contributed by atoms with Crippen molar-refractivity contribution >= 4 is 35.4 Å². The first-order valence-electron chi connectivity index (χ1n) is 10.2. The second-order valence-electron chi connectivity index (χ2n) is 7.97. The molecule has 1 fully saturated rings. The van der Waals surface area contributed by atoms with Crippen LogP contribution in [0, 0.1) is 5.92 Å². The van der Waals surface area contributed by atoms with Crippen molar-refractivity contribution in [2.45, 2.75) is 26.8 Å². The van der Waals surface area contributed by atoms with Crippen LogP contribution in [0.25, 0.3) is 0 Å². The number of nitrogens with zero attached hydrogens (tertiary/aromatic N) is 5. The number of benzene rings is 1. The first kappa shape index (κ1) is 20.1. The maximum absolute atomic E-state index is 13.1. The predicted octanol–water partition coefficient (Wildman–Crippen LogP) is 1.38. The Balaban J connectivity index is 1.62. The zero-order valence-electron chi connectivity index (χ0n) is 17.7. The van der Waals surface area contributed by atoms with Crippen LogP contribution in [0.4, 0.5) is 10.5 Å². The second-order valence-corrected chi connectivity index (χ2v) is 7.97. The molecule has 9 heteroatoms. The minimum Gasteiger partial charge on any atom is -0.462 e. The van der Waals surface area contributed by atoms with Crippen LogP contribution < -0.4 is 4.90 Å². The fraction of sp³-hybridized carbons (Fsp3) is 0.476. The number of urea groups is 1. The van der Waals surface area contributed by atoms with E-state index in [-0.39, 0.29) is 23.8 Å². The number of fused-ring (bicyclic) bond motifs is 2. The minimum atomic E-state index is -0.578.